The van der Waals surface area contributed by atoms with Crippen molar-refractivity contribution in [3.63, 3.8) is 0 Å². The lowest BCUT2D eigenvalue weighted by Gasteiger charge is -2.12. The van der Waals surface area contributed by atoms with E-state index in [0.717, 1.165) is 41.6 Å². The molecule has 0 aliphatic rings. The number of hydrogen-bond donors (Lipinski definition) is 4. The van der Waals surface area contributed by atoms with E-state index in [0.29, 0.717) is 28.0 Å². The van der Waals surface area contributed by atoms with Crippen LogP contribution in [-0.2, 0) is 19.7 Å². The molecule has 9 nitrogen and oxygen atoms in total. The minimum atomic E-state index is -3.82. The molecular formula is C27H35N5O4S4. The summed E-state index contributed by atoms with van der Waals surface area (Å²) in [5.74, 6) is 0.347. The lowest BCUT2D eigenvalue weighted by atomic mass is 10.00. The number of thiophene rings is 1. The van der Waals surface area contributed by atoms with Gasteiger partial charge in [0.1, 0.15) is 15.7 Å². The van der Waals surface area contributed by atoms with E-state index in [1.165, 1.54) is 35.4 Å². The number of nitrogens with two attached hydrogens (primary N) is 2. The predicted molar refractivity (Wildman–Crippen MR) is 167 cm³/mol. The van der Waals surface area contributed by atoms with Crippen LogP contribution in [0.1, 0.15) is 36.1 Å². The summed E-state index contributed by atoms with van der Waals surface area (Å²) < 4.78 is 50.0. The Bertz CT molecular complexity index is 1610. The number of nitrogens with one attached hydrogen (secondary N) is 2. The molecule has 3 aromatic rings. The highest BCUT2D eigenvalue weighted by molar-refractivity contribution is 8.01. The number of nitrogens with zero attached hydrogens (tertiary/aromatic N) is 1. The van der Waals surface area contributed by atoms with E-state index in [2.05, 4.69) is 10.3 Å². The number of thioether (sulfide) groups is 1. The third-order valence-electron chi connectivity index (χ3n) is 6.07. The van der Waals surface area contributed by atoms with Crippen molar-refractivity contribution >= 4 is 60.3 Å². The Morgan fingerprint density at radius 2 is 1.75 bits per heavy atom. The van der Waals surface area contributed by atoms with Crippen molar-refractivity contribution in [1.29, 1.82) is 5.41 Å². The standard InChI is InChI=1S/C27H35N5O4S4/c1-18-15-20(32-27(30)31-13-6-4-5-7-14-39(3,33)34)11-12-22(18)19-9-8-10-21(16-19)40(35,36)24-17-23(25(28)29)38-26(24)37-2/h8-12,15-17H,4-7,13-14H2,1-3H3,(H3,28,29)(H3,30,31,32). The van der Waals surface area contributed by atoms with Crippen LogP contribution in [-0.4, -0.2) is 53.4 Å². The van der Waals surface area contributed by atoms with Crippen molar-refractivity contribution < 1.29 is 16.8 Å². The molecule has 0 saturated carbocycles. The number of rotatable bonds is 13. The third kappa shape index (κ3) is 8.56. The van der Waals surface area contributed by atoms with Gasteiger partial charge in [-0.3, -0.25) is 10.4 Å². The highest BCUT2D eigenvalue weighted by Crippen LogP contribution is 2.38. The van der Waals surface area contributed by atoms with E-state index in [9.17, 15) is 16.8 Å². The Morgan fingerprint density at radius 1 is 1.02 bits per heavy atom. The van der Waals surface area contributed by atoms with Gasteiger partial charge in [0.2, 0.25) is 9.84 Å². The topological polar surface area (TPSA) is 169 Å². The Labute approximate surface area is 244 Å². The number of anilines is 1. The molecule has 0 spiro atoms. The minimum absolute atomic E-state index is 0.160. The van der Waals surface area contributed by atoms with Crippen molar-refractivity contribution in [2.45, 2.75) is 46.6 Å². The molecule has 0 atom stereocenters. The molecule has 40 heavy (non-hydrogen) atoms. The number of sulfone groups is 2. The summed E-state index contributed by atoms with van der Waals surface area (Å²) in [6.45, 7) is 2.49. The minimum Gasteiger partial charge on any atom is -0.383 e. The quantitative estimate of drug-likeness (QED) is 0.0905. The van der Waals surface area contributed by atoms with E-state index in [1.54, 1.807) is 24.5 Å². The normalized spacial score (nSPS) is 12.4. The average molecular weight is 622 g/mol. The molecular weight excluding hydrogens is 587 g/mol. The monoisotopic (exact) mass is 621 g/mol. The second kappa shape index (κ2) is 13.7. The summed E-state index contributed by atoms with van der Waals surface area (Å²) in [5.41, 5.74) is 15.0. The van der Waals surface area contributed by atoms with Crippen molar-refractivity contribution in [2.75, 3.05) is 30.1 Å². The van der Waals surface area contributed by atoms with Gasteiger partial charge >= 0.3 is 0 Å². The first-order valence-electron chi connectivity index (χ1n) is 12.5. The molecule has 0 aliphatic heterocycles. The number of guanidine groups is 1. The third-order valence-corrected chi connectivity index (χ3v) is 11.4. The number of nitrogen functional groups attached to an aromatic ring is 1. The van der Waals surface area contributed by atoms with Gasteiger partial charge in [0.25, 0.3) is 0 Å². The maximum Gasteiger partial charge on any atom is 0.208 e. The van der Waals surface area contributed by atoms with Gasteiger partial charge in [-0.15, -0.1) is 23.1 Å². The molecule has 1 aromatic heterocycles. The van der Waals surface area contributed by atoms with Crippen LogP contribution >= 0.6 is 23.1 Å². The Balaban J connectivity index is 1.70. The summed E-state index contributed by atoms with van der Waals surface area (Å²) in [5, 5.41) is 10.8. The molecule has 1 heterocycles. The van der Waals surface area contributed by atoms with Gasteiger partial charge in [-0.1, -0.05) is 31.0 Å². The van der Waals surface area contributed by atoms with Gasteiger partial charge in [-0.2, -0.15) is 0 Å². The largest absolute Gasteiger partial charge is 0.383 e. The number of hydrogen-bond acceptors (Lipinski definition) is 8. The van der Waals surface area contributed by atoms with Crippen LogP contribution in [0, 0.1) is 12.3 Å². The second-order valence-electron chi connectivity index (χ2n) is 9.38. The smallest absolute Gasteiger partial charge is 0.208 e. The zero-order valence-corrected chi connectivity index (χ0v) is 26.0. The molecule has 0 radical (unpaired) electrons. The summed E-state index contributed by atoms with van der Waals surface area (Å²) in [7, 11) is -6.73. The molecule has 0 unspecified atom stereocenters. The van der Waals surface area contributed by atoms with Gasteiger partial charge < -0.3 is 16.8 Å². The van der Waals surface area contributed by atoms with Crippen molar-refractivity contribution in [3.8, 4) is 11.1 Å². The lowest BCUT2D eigenvalue weighted by molar-refractivity contribution is 0.592. The Kier molecular flexibility index (Phi) is 10.8. The molecule has 6 N–H and O–H groups in total. The molecule has 2 aromatic carbocycles. The number of unbranched alkanes of at least 4 members (excludes halogenated alkanes) is 3. The second-order valence-corrected chi connectivity index (χ2v) is 15.7. The first-order chi connectivity index (χ1) is 18.8. The number of amidine groups is 1. The summed E-state index contributed by atoms with van der Waals surface area (Å²) in [6, 6.07) is 14.0. The van der Waals surface area contributed by atoms with E-state index in [4.69, 9.17) is 16.9 Å². The molecule has 0 fully saturated rings. The number of aryl methyl sites for hydroxylation is 1. The van der Waals surface area contributed by atoms with Crippen molar-refractivity contribution in [2.24, 2.45) is 16.5 Å². The van der Waals surface area contributed by atoms with Crippen LogP contribution in [0.5, 0.6) is 0 Å². The summed E-state index contributed by atoms with van der Waals surface area (Å²) in [4.78, 5) is 5.10. The summed E-state index contributed by atoms with van der Waals surface area (Å²) in [6.07, 6.45) is 6.25. The molecule has 0 aliphatic carbocycles. The fourth-order valence-corrected chi connectivity index (χ4v) is 8.69. The molecule has 3 rings (SSSR count). The van der Waals surface area contributed by atoms with Gasteiger partial charge in [0.15, 0.2) is 5.96 Å². The van der Waals surface area contributed by atoms with Crippen LogP contribution in [0.3, 0.4) is 0 Å². The molecule has 0 saturated heterocycles. The predicted octanol–water partition coefficient (Wildman–Crippen LogP) is 4.89. The van der Waals surface area contributed by atoms with Gasteiger partial charge in [-0.05, 0) is 73.0 Å². The molecule has 216 valence electrons. The van der Waals surface area contributed by atoms with E-state index >= 15 is 0 Å². The van der Waals surface area contributed by atoms with E-state index in [-0.39, 0.29) is 21.4 Å². The highest BCUT2D eigenvalue weighted by atomic mass is 32.2. The number of benzene rings is 2. The van der Waals surface area contributed by atoms with E-state index in [1.807, 2.05) is 31.2 Å². The molecule has 0 amide bonds. The van der Waals surface area contributed by atoms with Crippen molar-refractivity contribution in [1.82, 2.24) is 0 Å². The van der Waals surface area contributed by atoms with E-state index < -0.39 is 19.7 Å². The fourth-order valence-electron chi connectivity index (χ4n) is 4.06. The SMILES string of the molecule is CSc1sc(C(=N)N)cc1S(=O)(=O)c1cccc(-c2ccc(NC(N)=NCCCCCCS(C)(=O)=O)cc2C)c1. The van der Waals surface area contributed by atoms with Gasteiger partial charge in [0.05, 0.1) is 18.9 Å². The first kappa shape index (κ1) is 31.7. The zero-order chi connectivity index (χ0) is 29.5. The first-order valence-corrected chi connectivity index (χ1v) is 18.1. The van der Waals surface area contributed by atoms with Crippen LogP contribution in [0.15, 0.2) is 67.5 Å². The van der Waals surface area contributed by atoms with Crippen LogP contribution in [0.4, 0.5) is 5.69 Å². The molecule has 0 bridgehead atoms. The Hall–Kier alpha value is -2.87. The lowest BCUT2D eigenvalue weighted by Crippen LogP contribution is -2.22. The maximum atomic E-state index is 13.5. The van der Waals surface area contributed by atoms with Crippen molar-refractivity contribution in [3.05, 3.63) is 59.0 Å². The Morgan fingerprint density at radius 3 is 2.40 bits per heavy atom. The zero-order valence-electron chi connectivity index (χ0n) is 22.7. The maximum absolute atomic E-state index is 13.5. The molecule has 13 heteroatoms. The number of aliphatic imine (C=N–C) groups is 1. The highest BCUT2D eigenvalue weighted by Gasteiger charge is 2.25. The fraction of sp³-hybridized carbons (Fsp3) is 0.333. The summed E-state index contributed by atoms with van der Waals surface area (Å²) >= 11 is 2.51. The van der Waals surface area contributed by atoms with Gasteiger partial charge in [0, 0.05) is 24.2 Å². The van der Waals surface area contributed by atoms with Crippen LogP contribution in [0.25, 0.3) is 11.1 Å². The average Bonchev–Trinajstić information content (AvgIpc) is 3.34. The van der Waals surface area contributed by atoms with Crippen LogP contribution in [0.2, 0.25) is 0 Å². The van der Waals surface area contributed by atoms with Crippen LogP contribution < -0.4 is 16.8 Å². The van der Waals surface area contributed by atoms with Gasteiger partial charge in [-0.25, -0.2) is 16.8 Å².